The van der Waals surface area contributed by atoms with Gasteiger partial charge >= 0.3 is 0 Å². The van der Waals surface area contributed by atoms with Gasteiger partial charge < -0.3 is 0 Å². The van der Waals surface area contributed by atoms with E-state index >= 15 is 0 Å². The van der Waals surface area contributed by atoms with E-state index in [1.165, 1.54) is 0 Å². The Balaban J connectivity index is 3.62. The SMILES string of the molecule is [2H]C([2H])(C)C(C)CC. The second-order valence-electron chi connectivity index (χ2n) is 1.60. The van der Waals surface area contributed by atoms with Gasteiger partial charge in [-0.2, -0.15) is 0 Å². The van der Waals surface area contributed by atoms with E-state index in [2.05, 4.69) is 0 Å². The molecule has 6 heavy (non-hydrogen) atoms. The number of hydrogen-bond acceptors (Lipinski definition) is 0. The van der Waals surface area contributed by atoms with Crippen LogP contribution in [0.4, 0.5) is 0 Å². The molecule has 0 rings (SSSR count). The molecule has 1 unspecified atom stereocenters. The van der Waals surface area contributed by atoms with Crippen LogP contribution in [-0.2, 0) is 0 Å². The van der Waals surface area contributed by atoms with Crippen LogP contribution in [0.25, 0.3) is 0 Å². The van der Waals surface area contributed by atoms with Crippen LogP contribution in [0.3, 0.4) is 0 Å². The van der Waals surface area contributed by atoms with Crippen LogP contribution < -0.4 is 0 Å². The molecular weight excluding hydrogens is 72.1 g/mol. The van der Waals surface area contributed by atoms with Gasteiger partial charge in [-0.25, -0.2) is 0 Å². The highest BCUT2D eigenvalue weighted by atomic mass is 13.9. The Kier molecular flexibility index (Phi) is 1.63. The highest BCUT2D eigenvalue weighted by molar-refractivity contribution is 4.41. The molecule has 1 atom stereocenters. The van der Waals surface area contributed by atoms with Gasteiger partial charge in [0.2, 0.25) is 0 Å². The Bertz CT molecular complexity index is 63.4. The van der Waals surface area contributed by atoms with Crippen molar-refractivity contribution in [3.8, 4) is 0 Å². The zero-order valence-electron chi connectivity index (χ0n) is 6.78. The molecule has 0 aromatic rings. The summed E-state index contributed by atoms with van der Waals surface area (Å²) >= 11 is 0. The van der Waals surface area contributed by atoms with Crippen molar-refractivity contribution in [3.05, 3.63) is 0 Å². The molecule has 0 heteroatoms. The maximum absolute atomic E-state index is 7.20. The van der Waals surface area contributed by atoms with Crippen molar-refractivity contribution in [2.24, 2.45) is 5.92 Å². The molecule has 0 nitrogen and oxygen atoms in total. The van der Waals surface area contributed by atoms with E-state index in [4.69, 9.17) is 2.74 Å². The molecule has 38 valence electrons. The van der Waals surface area contributed by atoms with Crippen molar-refractivity contribution in [2.45, 2.75) is 33.6 Å². The normalized spacial score (nSPS) is 21.8. The van der Waals surface area contributed by atoms with Crippen molar-refractivity contribution in [1.82, 2.24) is 0 Å². The molecule has 0 fully saturated rings. The Morgan fingerprint density at radius 2 is 2.17 bits per heavy atom. The fourth-order valence-corrected chi connectivity index (χ4v) is 0.204. The highest BCUT2D eigenvalue weighted by Gasteiger charge is 1.88. The summed E-state index contributed by atoms with van der Waals surface area (Å²) in [5, 5.41) is 0. The van der Waals surface area contributed by atoms with E-state index < -0.39 is 6.37 Å². The Morgan fingerprint density at radius 3 is 2.17 bits per heavy atom. The second kappa shape index (κ2) is 3.20. The molecule has 0 saturated heterocycles. The maximum Gasteiger partial charge on any atom is 0.0266 e. The summed E-state index contributed by atoms with van der Waals surface area (Å²) in [6.45, 7) is 5.56. The van der Waals surface area contributed by atoms with Crippen LogP contribution >= 0.6 is 0 Å². The van der Waals surface area contributed by atoms with E-state index in [0.717, 1.165) is 6.42 Å². The summed E-state index contributed by atoms with van der Waals surface area (Å²) in [4.78, 5) is 0. The average molecular weight is 88.2 g/mol. The Hall–Kier alpha value is 0. The van der Waals surface area contributed by atoms with Crippen LogP contribution in [0.5, 0.6) is 0 Å². The zero-order chi connectivity index (χ0) is 6.78. The highest BCUT2D eigenvalue weighted by Crippen LogP contribution is 2.02. The lowest BCUT2D eigenvalue weighted by Gasteiger charge is -1.98. The maximum atomic E-state index is 7.20. The molecule has 0 aliphatic heterocycles. The minimum atomic E-state index is -0.991. The van der Waals surface area contributed by atoms with E-state index in [-0.39, 0.29) is 5.92 Å². The standard InChI is InChI=1S/C6H14/c1-4-6(3)5-2/h6H,4-5H2,1-3H3/i4D2. The fourth-order valence-electron chi connectivity index (χ4n) is 0.204. The number of rotatable bonds is 2. The van der Waals surface area contributed by atoms with E-state index in [9.17, 15) is 0 Å². The number of hydrogen-bond donors (Lipinski definition) is 0. The van der Waals surface area contributed by atoms with Crippen molar-refractivity contribution in [1.29, 1.82) is 0 Å². The molecule has 0 saturated carbocycles. The Labute approximate surface area is 43.4 Å². The van der Waals surface area contributed by atoms with Gasteiger partial charge in [-0.3, -0.25) is 0 Å². The van der Waals surface area contributed by atoms with Crippen LogP contribution in [0.2, 0.25) is 0 Å². The summed E-state index contributed by atoms with van der Waals surface area (Å²) < 4.78 is 14.4. The molecular formula is C6H14. The first-order chi connectivity index (χ1) is 3.48. The molecule has 0 aromatic carbocycles. The lowest BCUT2D eigenvalue weighted by molar-refractivity contribution is 0.544. The summed E-state index contributed by atoms with van der Waals surface area (Å²) in [7, 11) is 0. The van der Waals surface area contributed by atoms with Crippen molar-refractivity contribution in [2.75, 3.05) is 0 Å². The average Bonchev–Trinajstić information content (AvgIpc) is 1.62. The molecule has 0 aromatic heterocycles. The monoisotopic (exact) mass is 88.1 g/mol. The smallest absolute Gasteiger partial charge is 0.0266 e. The molecule has 0 aliphatic carbocycles. The van der Waals surface area contributed by atoms with Gasteiger partial charge in [-0.1, -0.05) is 33.6 Å². The third-order valence-corrected chi connectivity index (χ3v) is 1.11. The summed E-state index contributed by atoms with van der Waals surface area (Å²) in [5.74, 6) is 0.183. The third kappa shape index (κ3) is 2.25. The van der Waals surface area contributed by atoms with Gasteiger partial charge in [0.05, 0.1) is 0 Å². The van der Waals surface area contributed by atoms with E-state index in [1.54, 1.807) is 6.92 Å². The van der Waals surface area contributed by atoms with Gasteiger partial charge in [0, 0.05) is 2.74 Å². The van der Waals surface area contributed by atoms with Gasteiger partial charge in [-0.05, 0) is 5.92 Å². The van der Waals surface area contributed by atoms with Crippen molar-refractivity contribution >= 4 is 0 Å². The van der Waals surface area contributed by atoms with Crippen LogP contribution in [0, 0.1) is 5.92 Å². The first-order valence-corrected chi connectivity index (χ1v) is 2.48. The summed E-state index contributed by atoms with van der Waals surface area (Å²) in [6, 6.07) is 0. The molecule has 0 N–H and O–H groups in total. The predicted octanol–water partition coefficient (Wildman–Crippen LogP) is 2.44. The summed E-state index contributed by atoms with van der Waals surface area (Å²) in [6.07, 6.45) is -0.0712. The van der Waals surface area contributed by atoms with E-state index in [1.807, 2.05) is 13.8 Å². The third-order valence-electron chi connectivity index (χ3n) is 1.11. The van der Waals surface area contributed by atoms with Crippen LogP contribution in [0.1, 0.15) is 36.3 Å². The largest absolute Gasteiger partial charge is 0.0651 e. The van der Waals surface area contributed by atoms with Crippen molar-refractivity contribution < 1.29 is 2.74 Å². The molecule has 0 heterocycles. The Morgan fingerprint density at radius 1 is 1.67 bits per heavy atom. The van der Waals surface area contributed by atoms with Crippen molar-refractivity contribution in [3.63, 3.8) is 0 Å². The zero-order valence-corrected chi connectivity index (χ0v) is 4.78. The molecule has 0 aliphatic rings. The minimum absolute atomic E-state index is 0.183. The van der Waals surface area contributed by atoms with Gasteiger partial charge in [0.1, 0.15) is 0 Å². The topological polar surface area (TPSA) is 0 Å². The summed E-state index contributed by atoms with van der Waals surface area (Å²) in [5.41, 5.74) is 0. The minimum Gasteiger partial charge on any atom is -0.0651 e. The molecule has 0 bridgehead atoms. The quantitative estimate of drug-likeness (QED) is 0.486. The lowest BCUT2D eigenvalue weighted by atomic mass is 10.1. The molecule has 0 spiro atoms. The van der Waals surface area contributed by atoms with Crippen LogP contribution in [-0.4, -0.2) is 0 Å². The lowest BCUT2D eigenvalue weighted by Crippen LogP contribution is -1.85. The first-order valence-electron chi connectivity index (χ1n) is 3.48. The molecule has 0 radical (unpaired) electrons. The van der Waals surface area contributed by atoms with Gasteiger partial charge in [0.15, 0.2) is 0 Å². The first kappa shape index (κ1) is 3.06. The van der Waals surface area contributed by atoms with E-state index in [0.29, 0.717) is 0 Å². The van der Waals surface area contributed by atoms with Gasteiger partial charge in [0.25, 0.3) is 0 Å². The second-order valence-corrected chi connectivity index (χ2v) is 1.60. The fraction of sp³-hybridized carbons (Fsp3) is 1.00. The van der Waals surface area contributed by atoms with Crippen LogP contribution in [0.15, 0.2) is 0 Å². The predicted molar refractivity (Wildman–Crippen MR) is 29.7 cm³/mol. The molecule has 0 amide bonds. The van der Waals surface area contributed by atoms with Gasteiger partial charge in [-0.15, -0.1) is 0 Å².